The standard InChI is InChI=1S/C14H14ClFN2O2/c1-18(14(19)12-8-10(15)9-17-12)6-7-20-13-5-3-2-4-11(13)16/h2-5,8-9,17H,6-7H2,1H3. The highest BCUT2D eigenvalue weighted by Crippen LogP contribution is 2.15. The van der Waals surface area contributed by atoms with Gasteiger partial charge < -0.3 is 14.6 Å². The van der Waals surface area contributed by atoms with E-state index in [1.165, 1.54) is 11.0 Å². The lowest BCUT2D eigenvalue weighted by Gasteiger charge is -2.16. The van der Waals surface area contributed by atoms with Crippen LogP contribution in [0.5, 0.6) is 5.75 Å². The number of nitrogens with zero attached hydrogens (tertiary/aromatic N) is 1. The van der Waals surface area contributed by atoms with Gasteiger partial charge in [0.15, 0.2) is 11.6 Å². The van der Waals surface area contributed by atoms with Gasteiger partial charge in [0.05, 0.1) is 11.6 Å². The summed E-state index contributed by atoms with van der Waals surface area (Å²) in [6.07, 6.45) is 1.54. The summed E-state index contributed by atoms with van der Waals surface area (Å²) in [4.78, 5) is 16.2. The molecule has 0 unspecified atom stereocenters. The Morgan fingerprint density at radius 2 is 2.20 bits per heavy atom. The molecule has 0 aliphatic heterocycles. The molecule has 1 aromatic carbocycles. The van der Waals surface area contributed by atoms with Gasteiger partial charge in [-0.2, -0.15) is 0 Å². The molecule has 0 fully saturated rings. The number of aromatic nitrogens is 1. The van der Waals surface area contributed by atoms with Crippen molar-refractivity contribution in [1.82, 2.24) is 9.88 Å². The summed E-state index contributed by atoms with van der Waals surface area (Å²) in [5, 5.41) is 0.476. The molecule has 0 saturated heterocycles. The van der Waals surface area contributed by atoms with Gasteiger partial charge in [-0.05, 0) is 18.2 Å². The van der Waals surface area contributed by atoms with Crippen LogP contribution in [0.3, 0.4) is 0 Å². The first-order valence-electron chi connectivity index (χ1n) is 6.04. The van der Waals surface area contributed by atoms with Crippen molar-refractivity contribution in [2.45, 2.75) is 0 Å². The predicted octanol–water partition coefficient (Wildman–Crippen LogP) is 2.96. The first-order valence-corrected chi connectivity index (χ1v) is 6.42. The smallest absolute Gasteiger partial charge is 0.270 e. The SMILES string of the molecule is CN(CCOc1ccccc1F)C(=O)c1cc(Cl)c[nH]1. The minimum atomic E-state index is -0.419. The first kappa shape index (κ1) is 14.4. The van der Waals surface area contributed by atoms with Gasteiger partial charge in [0.2, 0.25) is 0 Å². The highest BCUT2D eigenvalue weighted by molar-refractivity contribution is 6.30. The van der Waals surface area contributed by atoms with Crippen molar-refractivity contribution in [1.29, 1.82) is 0 Å². The number of H-pyrrole nitrogens is 1. The average Bonchev–Trinajstić information content (AvgIpc) is 2.86. The van der Waals surface area contributed by atoms with E-state index in [1.54, 1.807) is 37.5 Å². The maximum atomic E-state index is 13.3. The molecule has 0 spiro atoms. The number of benzene rings is 1. The van der Waals surface area contributed by atoms with E-state index >= 15 is 0 Å². The Morgan fingerprint density at radius 3 is 2.85 bits per heavy atom. The van der Waals surface area contributed by atoms with Crippen LogP contribution in [-0.2, 0) is 0 Å². The summed E-state index contributed by atoms with van der Waals surface area (Å²) in [6.45, 7) is 0.543. The van der Waals surface area contributed by atoms with Crippen molar-refractivity contribution in [3.05, 3.63) is 53.1 Å². The van der Waals surface area contributed by atoms with E-state index in [4.69, 9.17) is 16.3 Å². The second-order valence-corrected chi connectivity index (χ2v) is 4.67. The number of carbonyl (C=O) groups excluding carboxylic acids is 1. The number of hydrogen-bond donors (Lipinski definition) is 1. The van der Waals surface area contributed by atoms with Gasteiger partial charge in [-0.3, -0.25) is 4.79 Å². The van der Waals surface area contributed by atoms with Gasteiger partial charge >= 0.3 is 0 Å². The Balaban J connectivity index is 1.85. The van der Waals surface area contributed by atoms with Crippen LogP contribution in [0.15, 0.2) is 36.5 Å². The van der Waals surface area contributed by atoms with E-state index in [-0.39, 0.29) is 18.3 Å². The number of nitrogens with one attached hydrogen (secondary N) is 1. The van der Waals surface area contributed by atoms with Crippen molar-refractivity contribution in [2.24, 2.45) is 0 Å². The van der Waals surface area contributed by atoms with E-state index in [0.29, 0.717) is 17.3 Å². The molecule has 1 amide bonds. The molecule has 1 heterocycles. The summed E-state index contributed by atoms with van der Waals surface area (Å²) in [7, 11) is 1.64. The molecular weight excluding hydrogens is 283 g/mol. The largest absolute Gasteiger partial charge is 0.489 e. The lowest BCUT2D eigenvalue weighted by molar-refractivity contribution is 0.0768. The third-order valence-corrected chi connectivity index (χ3v) is 2.96. The normalized spacial score (nSPS) is 10.3. The Bertz CT molecular complexity index is 600. The molecule has 4 nitrogen and oxygen atoms in total. The predicted molar refractivity (Wildman–Crippen MR) is 74.7 cm³/mol. The van der Waals surface area contributed by atoms with Crippen molar-refractivity contribution in [3.8, 4) is 5.75 Å². The van der Waals surface area contributed by atoms with Crippen molar-refractivity contribution >= 4 is 17.5 Å². The molecule has 0 saturated carbocycles. The van der Waals surface area contributed by atoms with Crippen LogP contribution < -0.4 is 4.74 Å². The number of para-hydroxylation sites is 1. The number of aromatic amines is 1. The zero-order chi connectivity index (χ0) is 14.5. The number of carbonyl (C=O) groups is 1. The topological polar surface area (TPSA) is 45.3 Å². The van der Waals surface area contributed by atoms with E-state index < -0.39 is 5.82 Å². The molecule has 2 aromatic rings. The zero-order valence-corrected chi connectivity index (χ0v) is 11.7. The summed E-state index contributed by atoms with van der Waals surface area (Å²) < 4.78 is 18.6. The fourth-order valence-electron chi connectivity index (χ4n) is 1.65. The van der Waals surface area contributed by atoms with Gasteiger partial charge in [0, 0.05) is 13.2 Å². The summed E-state index contributed by atoms with van der Waals surface area (Å²) >= 11 is 5.74. The molecular formula is C14H14ClFN2O2. The fraction of sp³-hybridized carbons (Fsp3) is 0.214. The molecule has 0 aliphatic rings. The Labute approximate surface area is 121 Å². The van der Waals surface area contributed by atoms with Gasteiger partial charge in [0.25, 0.3) is 5.91 Å². The Morgan fingerprint density at radius 1 is 1.45 bits per heavy atom. The van der Waals surface area contributed by atoms with Crippen LogP contribution in [0.25, 0.3) is 0 Å². The zero-order valence-electron chi connectivity index (χ0n) is 10.9. The number of amides is 1. The molecule has 0 aliphatic carbocycles. The van der Waals surface area contributed by atoms with Crippen LogP contribution in [-0.4, -0.2) is 36.0 Å². The minimum Gasteiger partial charge on any atom is -0.489 e. The molecule has 2 rings (SSSR count). The molecule has 0 radical (unpaired) electrons. The van der Waals surface area contributed by atoms with E-state index in [9.17, 15) is 9.18 Å². The van der Waals surface area contributed by atoms with Gasteiger partial charge in [-0.1, -0.05) is 23.7 Å². The molecule has 106 valence electrons. The number of hydrogen-bond acceptors (Lipinski definition) is 2. The van der Waals surface area contributed by atoms with Crippen molar-refractivity contribution in [2.75, 3.05) is 20.2 Å². The number of rotatable bonds is 5. The number of halogens is 2. The Hall–Kier alpha value is -2.01. The van der Waals surface area contributed by atoms with Crippen LogP contribution in [0.4, 0.5) is 4.39 Å². The average molecular weight is 297 g/mol. The fourth-order valence-corrected chi connectivity index (χ4v) is 1.82. The molecule has 1 N–H and O–H groups in total. The minimum absolute atomic E-state index is 0.177. The molecule has 0 bridgehead atoms. The molecule has 20 heavy (non-hydrogen) atoms. The van der Waals surface area contributed by atoms with Crippen LogP contribution in [0.2, 0.25) is 5.02 Å². The van der Waals surface area contributed by atoms with Crippen molar-refractivity contribution < 1.29 is 13.9 Å². The van der Waals surface area contributed by atoms with Crippen LogP contribution in [0.1, 0.15) is 10.5 Å². The summed E-state index contributed by atoms with van der Waals surface area (Å²) in [5.41, 5.74) is 0.406. The maximum Gasteiger partial charge on any atom is 0.270 e. The van der Waals surface area contributed by atoms with E-state index in [1.807, 2.05) is 0 Å². The third-order valence-electron chi connectivity index (χ3n) is 2.75. The quantitative estimate of drug-likeness (QED) is 0.922. The molecule has 1 aromatic heterocycles. The monoisotopic (exact) mass is 296 g/mol. The van der Waals surface area contributed by atoms with Crippen LogP contribution in [0, 0.1) is 5.82 Å². The lowest BCUT2D eigenvalue weighted by Crippen LogP contribution is -2.31. The van der Waals surface area contributed by atoms with E-state index in [0.717, 1.165) is 0 Å². The number of likely N-dealkylation sites (N-methyl/N-ethyl adjacent to an activating group) is 1. The van der Waals surface area contributed by atoms with Crippen molar-refractivity contribution in [3.63, 3.8) is 0 Å². The van der Waals surface area contributed by atoms with E-state index in [2.05, 4.69) is 4.98 Å². The highest BCUT2D eigenvalue weighted by atomic mass is 35.5. The molecule has 6 heteroatoms. The lowest BCUT2D eigenvalue weighted by atomic mass is 10.3. The summed E-state index contributed by atoms with van der Waals surface area (Å²) in [5.74, 6) is -0.442. The van der Waals surface area contributed by atoms with Gasteiger partial charge in [0.1, 0.15) is 12.3 Å². The highest BCUT2D eigenvalue weighted by Gasteiger charge is 2.13. The second-order valence-electron chi connectivity index (χ2n) is 4.24. The maximum absolute atomic E-state index is 13.3. The number of ether oxygens (including phenoxy) is 1. The summed E-state index contributed by atoms with van der Waals surface area (Å²) in [6, 6.07) is 7.70. The second kappa shape index (κ2) is 6.43. The third kappa shape index (κ3) is 3.51. The first-order chi connectivity index (χ1) is 9.58. The van der Waals surface area contributed by atoms with Crippen LogP contribution >= 0.6 is 11.6 Å². The van der Waals surface area contributed by atoms with Gasteiger partial charge in [-0.15, -0.1) is 0 Å². The van der Waals surface area contributed by atoms with Gasteiger partial charge in [-0.25, -0.2) is 4.39 Å². The molecule has 0 atom stereocenters. The Kier molecular flexibility index (Phi) is 4.63.